The van der Waals surface area contributed by atoms with Gasteiger partial charge in [0.2, 0.25) is 5.91 Å². The van der Waals surface area contributed by atoms with Crippen molar-refractivity contribution in [2.75, 3.05) is 6.54 Å². The van der Waals surface area contributed by atoms with Gasteiger partial charge >= 0.3 is 6.09 Å². The Hall–Kier alpha value is -2.11. The molecule has 0 spiro atoms. The number of alkyl halides is 1. The number of hydrogen-bond acceptors (Lipinski definition) is 5. The van der Waals surface area contributed by atoms with Crippen LogP contribution in [0, 0.1) is 5.92 Å². The second-order valence-corrected chi connectivity index (χ2v) is 7.84. The number of hydrazine groups is 1. The highest BCUT2D eigenvalue weighted by Gasteiger charge is 2.27. The number of nitrogens with two attached hydrogens (primary N) is 1. The molecule has 0 fully saturated rings. The topological polar surface area (TPSA) is 131 Å². The van der Waals surface area contributed by atoms with E-state index in [1.165, 1.54) is 6.92 Å². The molecule has 2 atom stereocenters. The molecular formula is C20H33ClN4O5S2. The van der Waals surface area contributed by atoms with Gasteiger partial charge in [-0.1, -0.05) is 44.2 Å². The van der Waals surface area contributed by atoms with Gasteiger partial charge in [-0.05, 0) is 24.8 Å². The Morgan fingerprint density at radius 1 is 1.09 bits per heavy atom. The number of benzene rings is 1. The van der Waals surface area contributed by atoms with Gasteiger partial charge in [-0.25, -0.2) is 4.79 Å². The van der Waals surface area contributed by atoms with Crippen molar-refractivity contribution in [3.8, 4) is 0 Å². The van der Waals surface area contributed by atoms with E-state index in [1.807, 2.05) is 32.0 Å². The molecule has 0 aliphatic heterocycles. The number of nitrogens with zero attached hydrogens (tertiary/aromatic N) is 1. The van der Waals surface area contributed by atoms with Crippen LogP contribution in [0.3, 0.4) is 0 Å². The number of carbonyl (C=O) groups excluding carboxylic acids is 4. The maximum absolute atomic E-state index is 12.7. The second kappa shape index (κ2) is 16.5. The molecule has 0 radical (unpaired) electrons. The minimum absolute atomic E-state index is 0. The molecule has 4 N–H and O–H groups in total. The van der Waals surface area contributed by atoms with E-state index in [4.69, 9.17) is 22.1 Å². The molecule has 1 aromatic carbocycles. The van der Waals surface area contributed by atoms with Crippen molar-refractivity contribution in [3.63, 3.8) is 0 Å². The van der Waals surface area contributed by atoms with Crippen molar-refractivity contribution < 1.29 is 23.9 Å². The van der Waals surface area contributed by atoms with Crippen molar-refractivity contribution in [3.05, 3.63) is 35.9 Å². The first-order chi connectivity index (χ1) is 14.1. The van der Waals surface area contributed by atoms with Crippen molar-refractivity contribution in [2.45, 2.75) is 51.6 Å². The van der Waals surface area contributed by atoms with Crippen molar-refractivity contribution in [2.24, 2.45) is 11.7 Å². The molecular weight excluding hydrogens is 476 g/mol. The summed E-state index contributed by atoms with van der Waals surface area (Å²) in [7, 11) is 0. The lowest BCUT2D eigenvalue weighted by molar-refractivity contribution is -0.142. The zero-order valence-electron chi connectivity index (χ0n) is 18.4. The summed E-state index contributed by atoms with van der Waals surface area (Å²) in [5.74, 6) is -1.79. The Kier molecular flexibility index (Phi) is 16.6. The summed E-state index contributed by atoms with van der Waals surface area (Å²) in [4.78, 5) is 48.2. The number of hydrogen-bond donors (Lipinski definition) is 3. The average molecular weight is 509 g/mol. The van der Waals surface area contributed by atoms with E-state index in [9.17, 15) is 19.2 Å². The number of carbonyl (C=O) groups is 4. The molecule has 1 rings (SSSR count). The third-order valence-corrected chi connectivity index (χ3v) is 4.15. The number of ether oxygens (including phenoxy) is 1. The third kappa shape index (κ3) is 12.7. The van der Waals surface area contributed by atoms with Crippen molar-refractivity contribution in [1.29, 1.82) is 0 Å². The molecule has 4 amide bonds. The molecule has 0 aliphatic carbocycles. The average Bonchev–Trinajstić information content (AvgIpc) is 2.68. The normalized spacial score (nSPS) is 11.8. The van der Waals surface area contributed by atoms with Gasteiger partial charge in [0.25, 0.3) is 11.8 Å². The minimum Gasteiger partial charge on any atom is -0.445 e. The summed E-state index contributed by atoms with van der Waals surface area (Å²) in [5.41, 5.74) is 8.35. The third-order valence-electron chi connectivity index (χ3n) is 3.96. The summed E-state index contributed by atoms with van der Waals surface area (Å²) in [5, 5.41) is 2.54. The molecule has 182 valence electrons. The van der Waals surface area contributed by atoms with Crippen LogP contribution in [0.5, 0.6) is 0 Å². The Balaban J connectivity index is 0. The molecule has 1 aromatic rings. The largest absolute Gasteiger partial charge is 0.445 e. The molecule has 0 aromatic heterocycles. The Morgan fingerprint density at radius 3 is 2.19 bits per heavy atom. The Labute approximate surface area is 207 Å². The van der Waals surface area contributed by atoms with E-state index in [0.29, 0.717) is 6.42 Å². The molecule has 0 aliphatic rings. The van der Waals surface area contributed by atoms with Gasteiger partial charge in [-0.3, -0.25) is 24.8 Å². The lowest BCUT2D eigenvalue weighted by Crippen LogP contribution is -2.56. The Bertz CT molecular complexity index is 738. The van der Waals surface area contributed by atoms with Crippen LogP contribution in [0.2, 0.25) is 0 Å². The summed E-state index contributed by atoms with van der Waals surface area (Å²) < 4.78 is 5.17. The fraction of sp³-hybridized carbons (Fsp3) is 0.500. The molecule has 32 heavy (non-hydrogen) atoms. The second-order valence-electron chi connectivity index (χ2n) is 7.19. The fourth-order valence-corrected chi connectivity index (χ4v) is 2.60. The molecule has 0 saturated heterocycles. The van der Waals surface area contributed by atoms with Crippen LogP contribution < -0.4 is 16.5 Å². The van der Waals surface area contributed by atoms with E-state index in [-0.39, 0.29) is 52.5 Å². The molecule has 0 bridgehead atoms. The molecule has 0 unspecified atom stereocenters. The van der Waals surface area contributed by atoms with Crippen LogP contribution >= 0.6 is 38.6 Å². The van der Waals surface area contributed by atoms with Gasteiger partial charge in [0.1, 0.15) is 18.0 Å². The number of nitrogens with one attached hydrogen (secondary N) is 2. The maximum atomic E-state index is 12.7. The van der Waals surface area contributed by atoms with Gasteiger partial charge in [-0.15, -0.1) is 11.6 Å². The first-order valence-electron chi connectivity index (χ1n) is 9.61. The first-order valence-corrected chi connectivity index (χ1v) is 10.0. The van der Waals surface area contributed by atoms with Crippen molar-refractivity contribution >= 4 is 62.4 Å². The van der Waals surface area contributed by atoms with Crippen LogP contribution in [0.1, 0.15) is 39.2 Å². The minimum atomic E-state index is -0.956. The predicted molar refractivity (Wildman–Crippen MR) is 133 cm³/mol. The molecule has 0 heterocycles. The van der Waals surface area contributed by atoms with Crippen LogP contribution in [-0.2, 0) is 25.7 Å². The monoisotopic (exact) mass is 508 g/mol. The van der Waals surface area contributed by atoms with Crippen LogP contribution in [0.4, 0.5) is 4.79 Å². The zero-order valence-corrected chi connectivity index (χ0v) is 21.1. The van der Waals surface area contributed by atoms with E-state index in [2.05, 4.69) is 10.7 Å². The number of rotatable bonds is 10. The number of amides is 4. The zero-order chi connectivity index (χ0) is 22.7. The van der Waals surface area contributed by atoms with E-state index in [1.54, 1.807) is 12.1 Å². The highest BCUT2D eigenvalue weighted by Crippen LogP contribution is 2.08. The summed E-state index contributed by atoms with van der Waals surface area (Å²) in [6.07, 6.45) is -0.613. The van der Waals surface area contributed by atoms with Gasteiger partial charge in [-0.2, -0.15) is 27.0 Å². The molecule has 0 saturated carbocycles. The highest BCUT2D eigenvalue weighted by molar-refractivity contribution is 7.59. The van der Waals surface area contributed by atoms with Gasteiger partial charge in [0.15, 0.2) is 0 Å². The van der Waals surface area contributed by atoms with Crippen LogP contribution in [0.25, 0.3) is 0 Å². The number of alkyl carbamates (subject to hydrolysis) is 1. The number of primary amides is 1. The quantitative estimate of drug-likeness (QED) is 0.328. The standard InChI is InChI=1S/C20H29ClN4O5.2H2S/c1-13(2)11-16(23-20(29)30-12-15-7-5-4-6-8-15)18(27)24-25(10-9-17(22)26)19(28)14(3)21;;/h4-8,13-14,16H,9-12H2,1-3H3,(H2,22,26)(H,23,29)(H,24,27);2*1H2/t14-,16-;;/m0../s1. The van der Waals surface area contributed by atoms with Gasteiger partial charge in [0, 0.05) is 6.42 Å². The number of halogens is 1. The Morgan fingerprint density at radius 2 is 1.69 bits per heavy atom. The molecule has 12 heteroatoms. The van der Waals surface area contributed by atoms with E-state index >= 15 is 0 Å². The SMILES string of the molecule is CC(C)C[C@H](NC(=O)OCc1ccccc1)C(=O)NN(CCC(N)=O)C(=O)[C@H](C)Cl.S.S. The van der Waals surface area contributed by atoms with Crippen molar-refractivity contribution in [1.82, 2.24) is 15.8 Å². The molecule has 9 nitrogen and oxygen atoms in total. The lowest BCUT2D eigenvalue weighted by atomic mass is 10.0. The summed E-state index contributed by atoms with van der Waals surface area (Å²) in [6.45, 7) is 5.12. The van der Waals surface area contributed by atoms with E-state index in [0.717, 1.165) is 10.6 Å². The maximum Gasteiger partial charge on any atom is 0.408 e. The van der Waals surface area contributed by atoms with Crippen LogP contribution in [-0.4, -0.2) is 46.8 Å². The lowest BCUT2D eigenvalue weighted by Gasteiger charge is -2.27. The predicted octanol–water partition coefficient (Wildman–Crippen LogP) is 1.92. The highest BCUT2D eigenvalue weighted by atomic mass is 35.5. The summed E-state index contributed by atoms with van der Waals surface area (Å²) >= 11 is 5.82. The fourth-order valence-electron chi connectivity index (χ4n) is 2.48. The van der Waals surface area contributed by atoms with Gasteiger partial charge in [0.05, 0.1) is 6.54 Å². The van der Waals surface area contributed by atoms with Gasteiger partial charge < -0.3 is 15.8 Å². The van der Waals surface area contributed by atoms with E-state index < -0.39 is 35.2 Å². The van der Waals surface area contributed by atoms with Crippen LogP contribution in [0.15, 0.2) is 30.3 Å². The summed E-state index contributed by atoms with van der Waals surface area (Å²) in [6, 6.07) is 8.15. The first kappa shape index (κ1) is 32.1. The smallest absolute Gasteiger partial charge is 0.408 e.